The Morgan fingerprint density at radius 2 is 1.73 bits per heavy atom. The van der Waals surface area contributed by atoms with Crippen LogP contribution < -0.4 is 0 Å². The molecular weight excluding hydrogens is 284 g/mol. The number of rotatable bonds is 0. The normalized spacial score (nSPS) is 25.5. The van der Waals surface area contributed by atoms with Gasteiger partial charge in [-0.3, -0.25) is 0 Å². The molecule has 2 aromatic carbocycles. The van der Waals surface area contributed by atoms with Crippen molar-refractivity contribution in [3.05, 3.63) is 77.4 Å². The summed E-state index contributed by atoms with van der Waals surface area (Å²) in [6, 6.07) is 13.8. The molecule has 2 aromatic rings. The minimum Gasteiger partial charge on any atom is -0.117 e. The lowest BCUT2D eigenvalue weighted by molar-refractivity contribution is 0.657. The van der Waals surface area contributed by atoms with Crippen molar-refractivity contribution >= 4 is 11.8 Å². The molecule has 2 aliphatic carbocycles. The smallest absolute Gasteiger partial charge is 0.0381 e. The minimum atomic E-state index is 0.109. The van der Waals surface area contributed by atoms with E-state index in [2.05, 4.69) is 74.5 Å². The lowest BCUT2D eigenvalue weighted by Gasteiger charge is -2.22. The number of fused-ring (bicyclic) bond motifs is 6. The highest BCUT2D eigenvalue weighted by molar-refractivity contribution is 8.00. The molecule has 0 amide bonds. The summed E-state index contributed by atoms with van der Waals surface area (Å²) in [5.74, 6) is 0.551. The van der Waals surface area contributed by atoms with Crippen molar-refractivity contribution in [3.63, 3.8) is 0 Å². The molecule has 1 aliphatic heterocycles. The summed E-state index contributed by atoms with van der Waals surface area (Å²) in [4.78, 5) is 1.47. The molecule has 0 N–H and O–H groups in total. The molecule has 22 heavy (non-hydrogen) atoms. The maximum atomic E-state index is 2.49. The maximum Gasteiger partial charge on any atom is 0.0381 e. The van der Waals surface area contributed by atoms with E-state index in [1.807, 2.05) is 11.8 Å². The maximum absolute atomic E-state index is 2.49. The number of thioether (sulfide) groups is 1. The third kappa shape index (κ3) is 1.50. The molecule has 3 aliphatic rings. The van der Waals surface area contributed by atoms with Crippen molar-refractivity contribution < 1.29 is 0 Å². The standard InChI is InChI=1S/C21H18S/c1-21(2)17-9-5-3-7-13(17)15-12-20-16(11-18(15)21)14-8-4-6-10-19(14)22-20/h3-12,14,19H,1-2H3. The van der Waals surface area contributed by atoms with E-state index in [9.17, 15) is 0 Å². The van der Waals surface area contributed by atoms with E-state index in [0.29, 0.717) is 11.2 Å². The predicted molar refractivity (Wildman–Crippen MR) is 94.7 cm³/mol. The molecule has 0 saturated carbocycles. The second kappa shape index (κ2) is 4.17. The van der Waals surface area contributed by atoms with Gasteiger partial charge in [-0.05, 0) is 33.9 Å². The Morgan fingerprint density at radius 1 is 0.909 bits per heavy atom. The Hall–Kier alpha value is -1.73. The Morgan fingerprint density at radius 3 is 2.64 bits per heavy atom. The van der Waals surface area contributed by atoms with Crippen LogP contribution in [0.5, 0.6) is 0 Å². The number of benzene rings is 2. The third-order valence-electron chi connectivity index (χ3n) is 5.42. The van der Waals surface area contributed by atoms with E-state index in [-0.39, 0.29) is 5.41 Å². The van der Waals surface area contributed by atoms with Crippen LogP contribution in [0.25, 0.3) is 11.1 Å². The van der Waals surface area contributed by atoms with E-state index < -0.39 is 0 Å². The summed E-state index contributed by atoms with van der Waals surface area (Å²) in [6.07, 6.45) is 9.10. The van der Waals surface area contributed by atoms with Crippen molar-refractivity contribution in [2.45, 2.75) is 35.3 Å². The van der Waals surface area contributed by atoms with Crippen LogP contribution >= 0.6 is 11.8 Å². The van der Waals surface area contributed by atoms with Gasteiger partial charge < -0.3 is 0 Å². The van der Waals surface area contributed by atoms with Crippen LogP contribution in [-0.4, -0.2) is 5.25 Å². The molecule has 0 radical (unpaired) electrons. The van der Waals surface area contributed by atoms with Gasteiger partial charge in [-0.15, -0.1) is 11.8 Å². The molecule has 0 spiro atoms. The number of allylic oxidation sites excluding steroid dienone is 3. The number of hydrogen-bond donors (Lipinski definition) is 0. The van der Waals surface area contributed by atoms with Crippen LogP contribution in [0.4, 0.5) is 0 Å². The highest BCUT2D eigenvalue weighted by Crippen LogP contribution is 2.55. The quantitative estimate of drug-likeness (QED) is 0.603. The second-order valence-electron chi connectivity index (χ2n) is 6.98. The first-order valence-electron chi connectivity index (χ1n) is 7.96. The Kier molecular flexibility index (Phi) is 2.42. The second-order valence-corrected chi connectivity index (χ2v) is 8.20. The SMILES string of the molecule is CC1(C)c2ccccc2-c2cc3c(cc21)C1C=CC=CC1S3. The van der Waals surface area contributed by atoms with E-state index in [1.165, 1.54) is 32.7 Å². The fourth-order valence-corrected chi connectivity index (χ4v) is 5.60. The molecule has 108 valence electrons. The molecule has 0 nitrogen and oxygen atoms in total. The van der Waals surface area contributed by atoms with Gasteiger partial charge in [0, 0.05) is 21.5 Å². The van der Waals surface area contributed by atoms with Gasteiger partial charge in [0.25, 0.3) is 0 Å². The van der Waals surface area contributed by atoms with Crippen LogP contribution in [0.15, 0.2) is 65.6 Å². The zero-order valence-electron chi connectivity index (χ0n) is 12.8. The molecule has 2 unspecified atom stereocenters. The zero-order valence-corrected chi connectivity index (χ0v) is 13.7. The molecule has 0 bridgehead atoms. The van der Waals surface area contributed by atoms with E-state index in [4.69, 9.17) is 0 Å². The minimum absolute atomic E-state index is 0.109. The van der Waals surface area contributed by atoms with Gasteiger partial charge in [0.2, 0.25) is 0 Å². The van der Waals surface area contributed by atoms with Crippen molar-refractivity contribution in [2.75, 3.05) is 0 Å². The monoisotopic (exact) mass is 302 g/mol. The largest absolute Gasteiger partial charge is 0.117 e. The zero-order chi connectivity index (χ0) is 14.9. The molecule has 1 heterocycles. The predicted octanol–water partition coefficient (Wildman–Crippen LogP) is 5.68. The fraction of sp³-hybridized carbons (Fsp3) is 0.238. The molecular formula is C21H18S. The van der Waals surface area contributed by atoms with Gasteiger partial charge in [-0.2, -0.15) is 0 Å². The first-order chi connectivity index (χ1) is 10.7. The molecule has 0 fully saturated rings. The molecule has 5 rings (SSSR count). The van der Waals surface area contributed by atoms with Crippen LogP contribution in [0.2, 0.25) is 0 Å². The summed E-state index contributed by atoms with van der Waals surface area (Å²) >= 11 is 2.02. The summed E-state index contributed by atoms with van der Waals surface area (Å²) in [5, 5.41) is 0.584. The first-order valence-corrected chi connectivity index (χ1v) is 8.84. The van der Waals surface area contributed by atoms with Crippen LogP contribution in [-0.2, 0) is 5.41 Å². The average molecular weight is 302 g/mol. The van der Waals surface area contributed by atoms with Gasteiger partial charge in [-0.1, -0.05) is 68.5 Å². The van der Waals surface area contributed by atoms with Crippen LogP contribution in [0.3, 0.4) is 0 Å². The Balaban J connectivity index is 1.76. The molecule has 0 aromatic heterocycles. The fourth-order valence-electron chi connectivity index (χ4n) is 4.23. The highest BCUT2D eigenvalue weighted by Gasteiger charge is 2.39. The van der Waals surface area contributed by atoms with Crippen LogP contribution in [0, 0.1) is 0 Å². The molecule has 2 atom stereocenters. The van der Waals surface area contributed by atoms with E-state index in [0.717, 1.165) is 0 Å². The van der Waals surface area contributed by atoms with Gasteiger partial charge in [-0.25, -0.2) is 0 Å². The van der Waals surface area contributed by atoms with Crippen LogP contribution in [0.1, 0.15) is 36.5 Å². The van der Waals surface area contributed by atoms with Crippen molar-refractivity contribution in [3.8, 4) is 11.1 Å². The summed E-state index contributed by atoms with van der Waals surface area (Å²) in [5.41, 5.74) is 7.46. The average Bonchev–Trinajstić information content (AvgIpc) is 3.00. The highest BCUT2D eigenvalue weighted by atomic mass is 32.2. The van der Waals surface area contributed by atoms with E-state index >= 15 is 0 Å². The summed E-state index contributed by atoms with van der Waals surface area (Å²) < 4.78 is 0. The Labute approximate surface area is 135 Å². The summed E-state index contributed by atoms with van der Waals surface area (Å²) in [6.45, 7) is 4.72. The summed E-state index contributed by atoms with van der Waals surface area (Å²) in [7, 11) is 0. The van der Waals surface area contributed by atoms with Crippen molar-refractivity contribution in [1.29, 1.82) is 0 Å². The van der Waals surface area contributed by atoms with E-state index in [1.54, 1.807) is 0 Å². The van der Waals surface area contributed by atoms with Gasteiger partial charge in [0.05, 0.1) is 0 Å². The van der Waals surface area contributed by atoms with Gasteiger partial charge in [0.1, 0.15) is 0 Å². The Bertz CT molecular complexity index is 854. The number of hydrogen-bond acceptors (Lipinski definition) is 1. The lowest BCUT2D eigenvalue weighted by Crippen LogP contribution is -2.15. The van der Waals surface area contributed by atoms with Crippen molar-refractivity contribution in [1.82, 2.24) is 0 Å². The third-order valence-corrected chi connectivity index (χ3v) is 6.75. The van der Waals surface area contributed by atoms with Crippen molar-refractivity contribution in [2.24, 2.45) is 0 Å². The van der Waals surface area contributed by atoms with Gasteiger partial charge >= 0.3 is 0 Å². The topological polar surface area (TPSA) is 0 Å². The lowest BCUT2D eigenvalue weighted by atomic mass is 9.80. The van der Waals surface area contributed by atoms with Gasteiger partial charge in [0.15, 0.2) is 0 Å². The molecule has 1 heteroatoms. The first kappa shape index (κ1) is 12.8. The molecule has 0 saturated heterocycles.